The maximum Gasteiger partial charge on any atom is 0.573 e. The quantitative estimate of drug-likeness (QED) is 0.296. The summed E-state index contributed by atoms with van der Waals surface area (Å²) in [6.07, 6.45) is -0.0544. The molecule has 4 rings (SSSR count). The molecule has 0 spiro atoms. The molecule has 10 heteroatoms. The third-order valence-corrected chi connectivity index (χ3v) is 5.27. The maximum atomic E-state index is 13.9. The van der Waals surface area contributed by atoms with Crippen LogP contribution in [0.1, 0.15) is 22.9 Å². The molecule has 2 aromatic carbocycles. The van der Waals surface area contributed by atoms with E-state index in [9.17, 15) is 26.7 Å². The molecule has 4 aromatic rings. The Morgan fingerprint density at radius 3 is 2.47 bits per heavy atom. The van der Waals surface area contributed by atoms with Gasteiger partial charge in [0.15, 0.2) is 0 Å². The molecule has 0 aliphatic heterocycles. The summed E-state index contributed by atoms with van der Waals surface area (Å²) in [5.74, 6) is -2.35. The van der Waals surface area contributed by atoms with Crippen molar-refractivity contribution < 1.29 is 31.5 Å². The second kappa shape index (κ2) is 10.6. The minimum absolute atomic E-state index is 0.0175. The predicted molar refractivity (Wildman–Crippen MR) is 122 cm³/mol. The summed E-state index contributed by atoms with van der Waals surface area (Å²) in [5, 5.41) is 2.85. The molecule has 0 aliphatic rings. The van der Waals surface area contributed by atoms with Crippen LogP contribution in [0.3, 0.4) is 0 Å². The number of carbonyl (C=O) groups is 1. The highest BCUT2D eigenvalue weighted by atomic mass is 19.4. The monoisotopic (exact) mass is 501 g/mol. The third kappa shape index (κ3) is 6.68. The van der Waals surface area contributed by atoms with E-state index < -0.39 is 29.8 Å². The van der Waals surface area contributed by atoms with Gasteiger partial charge in [-0.3, -0.25) is 9.78 Å². The van der Waals surface area contributed by atoms with E-state index in [0.29, 0.717) is 16.8 Å². The van der Waals surface area contributed by atoms with Crippen molar-refractivity contribution >= 4 is 5.91 Å². The van der Waals surface area contributed by atoms with Crippen molar-refractivity contribution in [1.29, 1.82) is 0 Å². The zero-order valence-corrected chi connectivity index (χ0v) is 18.7. The molecule has 1 atom stereocenters. The summed E-state index contributed by atoms with van der Waals surface area (Å²) in [5.41, 5.74) is 2.09. The number of rotatable bonds is 8. The molecule has 186 valence electrons. The molecule has 0 unspecified atom stereocenters. The van der Waals surface area contributed by atoms with E-state index >= 15 is 0 Å². The number of nitrogens with one attached hydrogen (secondary N) is 2. The fourth-order valence-corrected chi connectivity index (χ4v) is 3.88. The lowest BCUT2D eigenvalue weighted by molar-refractivity contribution is -0.274. The molecule has 2 aromatic heterocycles. The number of benzene rings is 2. The van der Waals surface area contributed by atoms with Gasteiger partial charge in [-0.25, -0.2) is 8.78 Å². The smallest absolute Gasteiger partial charge is 0.406 e. The fourth-order valence-electron chi connectivity index (χ4n) is 3.88. The highest BCUT2D eigenvalue weighted by molar-refractivity contribution is 5.79. The van der Waals surface area contributed by atoms with Crippen molar-refractivity contribution in [2.45, 2.75) is 25.2 Å². The molecule has 0 radical (unpaired) electrons. The molecule has 1 amide bonds. The van der Waals surface area contributed by atoms with E-state index in [1.807, 2.05) is 0 Å². The lowest BCUT2D eigenvalue weighted by Gasteiger charge is -2.22. The van der Waals surface area contributed by atoms with Gasteiger partial charge < -0.3 is 15.0 Å². The molecular formula is C26H20F5N3O2. The summed E-state index contributed by atoms with van der Waals surface area (Å²) >= 11 is 0. The molecule has 0 bridgehead atoms. The standard InChI is InChI=1S/C26H20F5N3O2/c27-19-9-17(10-20(28)14-19)11-23(34-24(35)12-16-6-8-32-15-16)25-22(5-2-7-33-25)18-3-1-4-21(13-18)36-26(29,30)31/h1-10,13-15,23,32H,11-12H2,(H,34,35)/t23-/m0/s1. The van der Waals surface area contributed by atoms with Gasteiger partial charge in [-0.2, -0.15) is 0 Å². The van der Waals surface area contributed by atoms with Crippen molar-refractivity contribution in [1.82, 2.24) is 15.3 Å². The first-order valence-electron chi connectivity index (χ1n) is 10.8. The molecule has 2 heterocycles. The second-order valence-corrected chi connectivity index (χ2v) is 8.01. The number of ether oxygens (including phenoxy) is 1. The number of amides is 1. The Labute approximate surface area is 203 Å². The summed E-state index contributed by atoms with van der Waals surface area (Å²) < 4.78 is 70.0. The molecule has 36 heavy (non-hydrogen) atoms. The number of nitrogens with zero attached hydrogens (tertiary/aromatic N) is 1. The lowest BCUT2D eigenvalue weighted by Crippen LogP contribution is -2.32. The maximum absolute atomic E-state index is 13.9. The first-order chi connectivity index (χ1) is 17.2. The third-order valence-electron chi connectivity index (χ3n) is 5.27. The number of hydrogen-bond acceptors (Lipinski definition) is 3. The van der Waals surface area contributed by atoms with E-state index in [1.54, 1.807) is 36.7 Å². The van der Waals surface area contributed by atoms with Crippen molar-refractivity contribution in [3.05, 3.63) is 108 Å². The van der Waals surface area contributed by atoms with Gasteiger partial charge in [0, 0.05) is 30.2 Å². The van der Waals surface area contributed by atoms with Crippen LogP contribution in [0.5, 0.6) is 5.75 Å². The van der Waals surface area contributed by atoms with Crippen LogP contribution in [-0.2, 0) is 17.6 Å². The van der Waals surface area contributed by atoms with Crippen molar-refractivity contribution in [3.8, 4) is 16.9 Å². The van der Waals surface area contributed by atoms with Crippen molar-refractivity contribution in [2.75, 3.05) is 0 Å². The molecule has 2 N–H and O–H groups in total. The summed E-state index contributed by atoms with van der Waals surface area (Å²) in [6.45, 7) is 0. The largest absolute Gasteiger partial charge is 0.573 e. The highest BCUT2D eigenvalue weighted by Gasteiger charge is 2.31. The topological polar surface area (TPSA) is 67.0 Å². The highest BCUT2D eigenvalue weighted by Crippen LogP contribution is 2.32. The van der Waals surface area contributed by atoms with Crippen LogP contribution in [0.25, 0.3) is 11.1 Å². The van der Waals surface area contributed by atoms with Gasteiger partial charge in [0.1, 0.15) is 17.4 Å². The average Bonchev–Trinajstić information content (AvgIpc) is 3.30. The number of aromatic nitrogens is 2. The van der Waals surface area contributed by atoms with E-state index in [0.717, 1.165) is 23.8 Å². The van der Waals surface area contributed by atoms with Crippen LogP contribution in [0.2, 0.25) is 0 Å². The minimum atomic E-state index is -4.87. The van der Waals surface area contributed by atoms with Gasteiger partial charge in [-0.15, -0.1) is 13.2 Å². The zero-order valence-electron chi connectivity index (χ0n) is 18.7. The Morgan fingerprint density at radius 1 is 1.00 bits per heavy atom. The van der Waals surface area contributed by atoms with Crippen LogP contribution in [0.4, 0.5) is 22.0 Å². The Kier molecular flexibility index (Phi) is 7.33. The first-order valence-corrected chi connectivity index (χ1v) is 10.8. The summed E-state index contributed by atoms with van der Waals surface area (Å²) in [4.78, 5) is 20.1. The van der Waals surface area contributed by atoms with Gasteiger partial charge in [-0.1, -0.05) is 18.2 Å². The molecular weight excluding hydrogens is 481 g/mol. The van der Waals surface area contributed by atoms with Gasteiger partial charge in [0.25, 0.3) is 0 Å². The normalized spacial score (nSPS) is 12.2. The van der Waals surface area contributed by atoms with E-state index in [4.69, 9.17) is 0 Å². The molecule has 0 aliphatic carbocycles. The zero-order chi connectivity index (χ0) is 25.7. The number of pyridine rings is 1. The van der Waals surface area contributed by atoms with Gasteiger partial charge in [0.2, 0.25) is 5.91 Å². The Morgan fingerprint density at radius 2 is 1.78 bits per heavy atom. The number of alkyl halides is 3. The predicted octanol–water partition coefficient (Wildman–Crippen LogP) is 5.90. The molecule has 0 fully saturated rings. The van der Waals surface area contributed by atoms with Crippen LogP contribution >= 0.6 is 0 Å². The summed E-state index contributed by atoms with van der Waals surface area (Å²) in [7, 11) is 0. The van der Waals surface area contributed by atoms with E-state index in [2.05, 4.69) is 20.0 Å². The second-order valence-electron chi connectivity index (χ2n) is 8.01. The minimum Gasteiger partial charge on any atom is -0.406 e. The van der Waals surface area contributed by atoms with Gasteiger partial charge in [0.05, 0.1) is 18.2 Å². The lowest BCUT2D eigenvalue weighted by atomic mass is 9.95. The van der Waals surface area contributed by atoms with Crippen molar-refractivity contribution in [2.24, 2.45) is 0 Å². The number of halogens is 5. The molecule has 0 saturated carbocycles. The Hall–Kier alpha value is -4.21. The van der Waals surface area contributed by atoms with Gasteiger partial charge in [-0.05, 0) is 59.5 Å². The number of aromatic amines is 1. The first kappa shape index (κ1) is 24.9. The SMILES string of the molecule is O=C(Cc1cc[nH]c1)N[C@@H](Cc1cc(F)cc(F)c1)c1ncccc1-c1cccc(OC(F)(F)F)c1. The van der Waals surface area contributed by atoms with Crippen LogP contribution in [-0.4, -0.2) is 22.2 Å². The van der Waals surface area contributed by atoms with Gasteiger partial charge >= 0.3 is 6.36 Å². The number of hydrogen-bond donors (Lipinski definition) is 2. The van der Waals surface area contributed by atoms with E-state index in [-0.39, 0.29) is 24.3 Å². The molecule has 0 saturated heterocycles. The summed E-state index contributed by atoms with van der Waals surface area (Å²) in [6, 6.07) is 12.5. The van der Waals surface area contributed by atoms with Crippen LogP contribution < -0.4 is 10.1 Å². The van der Waals surface area contributed by atoms with Crippen molar-refractivity contribution in [3.63, 3.8) is 0 Å². The average molecular weight is 501 g/mol. The Bertz CT molecular complexity index is 1320. The Balaban J connectivity index is 1.71. The molecule has 5 nitrogen and oxygen atoms in total. The fraction of sp³-hybridized carbons (Fsp3) is 0.154. The van der Waals surface area contributed by atoms with Crippen LogP contribution in [0.15, 0.2) is 79.3 Å². The van der Waals surface area contributed by atoms with Crippen LogP contribution in [0, 0.1) is 11.6 Å². The number of H-pyrrole nitrogens is 1. The van der Waals surface area contributed by atoms with E-state index in [1.165, 1.54) is 24.4 Å². The number of carbonyl (C=O) groups excluding carboxylic acids is 1.